The van der Waals surface area contributed by atoms with E-state index in [-0.39, 0.29) is 67.4 Å². The Hall–Kier alpha value is 1.30. The molecule has 2 amide bonds. The molecule has 0 fully saturated rings. The fourth-order valence-corrected chi connectivity index (χ4v) is 0. The fraction of sp³-hybridized carbons (Fsp3) is 0. The van der Waals surface area contributed by atoms with Crippen LogP contribution < -0.4 is 17.6 Å². The van der Waals surface area contributed by atoms with Crippen molar-refractivity contribution in [2.75, 3.05) is 0 Å². The number of primary amides is 2. The average Bonchev–Trinajstić information content (AvgIpc) is 0.811. The van der Waals surface area contributed by atoms with Crippen molar-refractivity contribution in [3.63, 3.8) is 0 Å². The molecule has 4 nitrogen and oxygen atoms in total. The van der Waals surface area contributed by atoms with Gasteiger partial charge in [0.1, 0.15) is 0 Å². The van der Waals surface area contributed by atoms with Gasteiger partial charge in [0.25, 0.3) is 0 Å². The van der Waals surface area contributed by atoms with Crippen LogP contribution in [-0.2, 0) is 0 Å². The summed E-state index contributed by atoms with van der Waals surface area (Å²) in [5, 5.41) is 0. The summed E-state index contributed by atoms with van der Waals surface area (Å²) in [5.41, 5.74) is 8.50. The van der Waals surface area contributed by atoms with Gasteiger partial charge in [-0.25, -0.2) is 4.79 Å². The van der Waals surface area contributed by atoms with Gasteiger partial charge in [-0.1, -0.05) is 0 Å². The van der Waals surface area contributed by atoms with Gasteiger partial charge >= 0.3 is 6.03 Å². The molecule has 0 aromatic carbocycles. The first-order valence-electron chi connectivity index (χ1n) is 0.781. The topological polar surface area (TPSA) is 104 Å². The minimum Gasteiger partial charge on any atom is -0.352 e. The maximum absolute atomic E-state index is 9.00. The van der Waals surface area contributed by atoms with Gasteiger partial charge in [-0.2, -0.15) is 9.90 Å². The molecule has 0 aliphatic rings. The number of carbonyl (C=O) groups excluding carboxylic acids is 1. The largest absolute Gasteiger partial charge is 0.352 e. The van der Waals surface area contributed by atoms with Crippen molar-refractivity contribution in [2.24, 2.45) is 11.5 Å². The molecule has 0 aromatic rings. The molecule has 1 unspecified atom stereocenters. The van der Waals surface area contributed by atoms with Crippen molar-refractivity contribution in [1.82, 2.24) is 6.15 Å². The van der Waals surface area contributed by atoms with Crippen LogP contribution in [0.2, 0.25) is 0 Å². The second kappa shape index (κ2) is 15.7. The summed E-state index contributed by atoms with van der Waals surface area (Å²) in [4.78, 5) is 9.00. The number of carbonyl (C=O) groups is 1. The van der Waals surface area contributed by atoms with Crippen LogP contribution in [-0.4, -0.2) is 57.4 Å². The van der Waals surface area contributed by atoms with Crippen LogP contribution in [0.3, 0.4) is 0 Å². The van der Waals surface area contributed by atoms with E-state index in [9.17, 15) is 0 Å². The molecule has 0 heterocycles. The molecule has 0 bridgehead atoms. The standard InChI is InChI=1S/CH4N2O.K.H3N.H3P/c2-1(3)4;;;/h(H4,2,3,4);;2*1H3. The third-order valence-electron chi connectivity index (χ3n) is 0. The van der Waals surface area contributed by atoms with E-state index in [0.29, 0.717) is 0 Å². The zero-order valence-electron chi connectivity index (χ0n) is 4.48. The van der Waals surface area contributed by atoms with Crippen LogP contribution in [0.25, 0.3) is 0 Å². The number of hydrogen-bond donors (Lipinski definition) is 3. The molecule has 0 saturated heterocycles. The Morgan fingerprint density at radius 1 is 1.29 bits per heavy atom. The van der Waals surface area contributed by atoms with Crippen LogP contribution >= 0.6 is 9.90 Å². The number of rotatable bonds is 0. The van der Waals surface area contributed by atoms with E-state index in [1.807, 2.05) is 0 Å². The van der Waals surface area contributed by atoms with Gasteiger partial charge in [0.2, 0.25) is 0 Å². The van der Waals surface area contributed by atoms with Gasteiger partial charge in [0.15, 0.2) is 0 Å². The Morgan fingerprint density at radius 2 is 1.29 bits per heavy atom. The predicted octanol–water partition coefficient (Wildman–Crippen LogP) is -1.14. The van der Waals surface area contributed by atoms with Crippen molar-refractivity contribution in [3.05, 3.63) is 0 Å². The van der Waals surface area contributed by atoms with Crippen molar-refractivity contribution >= 4 is 67.3 Å². The normalized spacial score (nSPS) is 3.43. The molecule has 0 aromatic heterocycles. The van der Waals surface area contributed by atoms with E-state index in [1.54, 1.807) is 0 Å². The van der Waals surface area contributed by atoms with Crippen molar-refractivity contribution in [3.8, 4) is 0 Å². The van der Waals surface area contributed by atoms with Gasteiger partial charge in [0.05, 0.1) is 0 Å². The second-order valence-corrected chi connectivity index (χ2v) is 0.402. The van der Waals surface area contributed by atoms with Crippen molar-refractivity contribution in [2.45, 2.75) is 0 Å². The first-order chi connectivity index (χ1) is 1.73. The van der Waals surface area contributed by atoms with Gasteiger partial charge in [-0.15, -0.1) is 0 Å². The van der Waals surface area contributed by atoms with E-state index < -0.39 is 6.03 Å². The SMILES string of the molecule is N.NC(N)=O.P.[K]. The predicted molar refractivity (Wildman–Crippen MR) is 35.7 cm³/mol. The smallest absolute Gasteiger partial charge is 0.309 e. The van der Waals surface area contributed by atoms with Crippen LogP contribution in [0.4, 0.5) is 4.79 Å². The fourth-order valence-electron chi connectivity index (χ4n) is 0. The monoisotopic (exact) mass is 150 g/mol. The molecule has 7 N–H and O–H groups in total. The van der Waals surface area contributed by atoms with E-state index in [4.69, 9.17) is 4.79 Å². The number of urea groups is 1. The summed E-state index contributed by atoms with van der Waals surface area (Å²) in [7, 11) is 0. The summed E-state index contributed by atoms with van der Waals surface area (Å²) in [6.07, 6.45) is 0. The Bertz CT molecular complexity index is 37.9. The van der Waals surface area contributed by atoms with E-state index in [2.05, 4.69) is 11.5 Å². The Balaban J connectivity index is -0.0000000150. The van der Waals surface area contributed by atoms with Gasteiger partial charge in [0, 0.05) is 51.4 Å². The Labute approximate surface area is 88.4 Å². The van der Waals surface area contributed by atoms with E-state index in [0.717, 1.165) is 0 Å². The van der Waals surface area contributed by atoms with Gasteiger partial charge < -0.3 is 17.6 Å². The van der Waals surface area contributed by atoms with Crippen LogP contribution in [0.5, 0.6) is 0 Å². The van der Waals surface area contributed by atoms with Crippen molar-refractivity contribution in [1.29, 1.82) is 0 Å². The zero-order chi connectivity index (χ0) is 3.58. The van der Waals surface area contributed by atoms with Gasteiger partial charge in [-0.05, 0) is 0 Å². The van der Waals surface area contributed by atoms with Crippen LogP contribution in [0.1, 0.15) is 0 Å². The first kappa shape index (κ1) is 23.9. The average molecular weight is 150 g/mol. The summed E-state index contributed by atoms with van der Waals surface area (Å²) >= 11 is 0. The molecule has 0 aliphatic heterocycles. The molecule has 0 rings (SSSR count). The summed E-state index contributed by atoms with van der Waals surface area (Å²) in [6, 6.07) is -0.833. The Morgan fingerprint density at radius 3 is 1.29 bits per heavy atom. The van der Waals surface area contributed by atoms with Crippen molar-refractivity contribution < 1.29 is 4.79 Å². The molecule has 0 saturated carbocycles. The van der Waals surface area contributed by atoms with Gasteiger partial charge in [-0.3, -0.25) is 0 Å². The Kier molecular flexibility index (Phi) is 53.6. The summed E-state index contributed by atoms with van der Waals surface area (Å²) in [5.74, 6) is 0. The number of hydrogen-bond acceptors (Lipinski definition) is 2. The molecule has 6 heteroatoms. The van der Waals surface area contributed by atoms with Crippen LogP contribution in [0.15, 0.2) is 0 Å². The first-order valence-corrected chi connectivity index (χ1v) is 0.781. The quantitative estimate of drug-likeness (QED) is 0.300. The molecule has 0 aliphatic carbocycles. The molecule has 7 heavy (non-hydrogen) atoms. The van der Waals surface area contributed by atoms with Crippen LogP contribution in [0, 0.1) is 0 Å². The maximum atomic E-state index is 9.00. The molecular weight excluding hydrogens is 140 g/mol. The minimum atomic E-state index is -0.833. The molecular formula is CH10KN3OP. The zero-order valence-corrected chi connectivity index (χ0v) is 9.01. The molecule has 0 spiro atoms. The molecule has 1 atom stereocenters. The third kappa shape index (κ3) is 122. The summed E-state index contributed by atoms with van der Waals surface area (Å²) < 4.78 is 0. The third-order valence-corrected chi connectivity index (χ3v) is 0. The van der Waals surface area contributed by atoms with E-state index in [1.165, 1.54) is 0 Å². The summed E-state index contributed by atoms with van der Waals surface area (Å²) in [6.45, 7) is 0. The minimum absolute atomic E-state index is 0. The second-order valence-electron chi connectivity index (χ2n) is 0.402. The van der Waals surface area contributed by atoms with E-state index >= 15 is 0 Å². The molecule has 41 valence electrons. The number of nitrogens with two attached hydrogens (primary N) is 2. The number of amides is 2. The molecule has 1 radical (unpaired) electrons. The maximum Gasteiger partial charge on any atom is 0.309 e.